The van der Waals surface area contributed by atoms with Crippen LogP contribution in [0, 0.1) is 11.6 Å². The molecule has 0 spiro atoms. The lowest BCUT2D eigenvalue weighted by molar-refractivity contribution is -0.141. The van der Waals surface area contributed by atoms with Gasteiger partial charge in [0, 0.05) is 44.6 Å². The van der Waals surface area contributed by atoms with Crippen LogP contribution in [0.25, 0.3) is 0 Å². The summed E-state index contributed by atoms with van der Waals surface area (Å²) in [6, 6.07) is 11.6. The van der Waals surface area contributed by atoms with Crippen molar-refractivity contribution in [3.8, 4) is 0 Å². The maximum atomic E-state index is 14.5. The van der Waals surface area contributed by atoms with E-state index >= 15 is 0 Å². The first-order valence-corrected chi connectivity index (χ1v) is 11.9. The predicted molar refractivity (Wildman–Crippen MR) is 128 cm³/mol. The van der Waals surface area contributed by atoms with Gasteiger partial charge in [-0.15, -0.1) is 0 Å². The molecule has 0 N–H and O–H groups in total. The first kappa shape index (κ1) is 24.9. The monoisotopic (exact) mass is 484 g/mol. The van der Waals surface area contributed by atoms with E-state index in [1.807, 2.05) is 0 Å². The fourth-order valence-electron chi connectivity index (χ4n) is 4.38. The number of nitrogens with zero attached hydrogens (tertiary/aromatic N) is 4. The second-order valence-corrected chi connectivity index (χ2v) is 8.66. The van der Waals surface area contributed by atoms with Crippen molar-refractivity contribution < 1.29 is 23.1 Å². The zero-order chi connectivity index (χ0) is 24.8. The quantitative estimate of drug-likeness (QED) is 0.577. The highest BCUT2D eigenvalue weighted by molar-refractivity contribution is 6.03. The van der Waals surface area contributed by atoms with Gasteiger partial charge in [-0.3, -0.25) is 14.5 Å². The second-order valence-electron chi connectivity index (χ2n) is 8.66. The van der Waals surface area contributed by atoms with Crippen LogP contribution in [-0.2, 0) is 14.3 Å². The molecule has 4 rings (SSSR count). The molecule has 0 saturated carbocycles. The second kappa shape index (κ2) is 11.5. The number of benzene rings is 2. The van der Waals surface area contributed by atoms with Crippen LogP contribution >= 0.6 is 0 Å². The minimum atomic E-state index is -0.518. The molecular weight excluding hydrogens is 454 g/mol. The standard InChI is InChI=1S/C26H30F2N4O3/c1-2-25(33)31(12-11-30-13-15-35-16-14-30)18-26(34)32-24(19-7-9-20(27)10-8-19)17-23(29-32)21-5-3-4-6-22(21)28/h3-10,24H,2,11-18H2,1H3/t24-/m1/s1. The molecule has 2 aromatic rings. The number of hydrogen-bond donors (Lipinski definition) is 0. The fraction of sp³-hybridized carbons (Fsp3) is 0.423. The van der Waals surface area contributed by atoms with Gasteiger partial charge in [0.15, 0.2) is 0 Å². The summed E-state index contributed by atoms with van der Waals surface area (Å²) in [6.45, 7) is 5.57. The van der Waals surface area contributed by atoms with Crippen LogP contribution < -0.4 is 0 Å². The largest absolute Gasteiger partial charge is 0.379 e. The third-order valence-electron chi connectivity index (χ3n) is 6.38. The molecule has 1 saturated heterocycles. The lowest BCUT2D eigenvalue weighted by Gasteiger charge is -2.31. The molecule has 1 atom stereocenters. The molecule has 9 heteroatoms. The third-order valence-corrected chi connectivity index (χ3v) is 6.38. The summed E-state index contributed by atoms with van der Waals surface area (Å²) in [6.07, 6.45) is 0.565. The zero-order valence-electron chi connectivity index (χ0n) is 19.8. The lowest BCUT2D eigenvalue weighted by atomic mass is 9.98. The Bertz CT molecular complexity index is 1070. The van der Waals surface area contributed by atoms with E-state index < -0.39 is 11.9 Å². The number of hydrazone groups is 1. The number of morpholine rings is 1. The van der Waals surface area contributed by atoms with Crippen LogP contribution in [0.3, 0.4) is 0 Å². The molecule has 2 heterocycles. The van der Waals surface area contributed by atoms with Crippen molar-refractivity contribution in [3.63, 3.8) is 0 Å². The van der Waals surface area contributed by atoms with Crippen molar-refractivity contribution in [1.82, 2.24) is 14.8 Å². The van der Waals surface area contributed by atoms with Gasteiger partial charge < -0.3 is 9.64 Å². The first-order valence-electron chi connectivity index (χ1n) is 11.9. The number of halogens is 2. The molecule has 0 aliphatic carbocycles. The summed E-state index contributed by atoms with van der Waals surface area (Å²) in [5.41, 5.74) is 1.45. The molecular formula is C26H30F2N4O3. The van der Waals surface area contributed by atoms with E-state index in [-0.39, 0.29) is 37.0 Å². The van der Waals surface area contributed by atoms with Crippen molar-refractivity contribution in [2.24, 2.45) is 5.10 Å². The highest BCUT2D eigenvalue weighted by atomic mass is 19.1. The molecule has 35 heavy (non-hydrogen) atoms. The molecule has 0 bridgehead atoms. The molecule has 0 radical (unpaired) electrons. The van der Waals surface area contributed by atoms with Crippen molar-refractivity contribution in [2.75, 3.05) is 45.9 Å². The Hall–Kier alpha value is -3.17. The predicted octanol–water partition coefficient (Wildman–Crippen LogP) is 3.21. The Morgan fingerprint density at radius 2 is 1.80 bits per heavy atom. The van der Waals surface area contributed by atoms with E-state index in [1.54, 1.807) is 42.2 Å². The third kappa shape index (κ3) is 6.10. The number of carbonyl (C=O) groups is 2. The normalized spacial score (nSPS) is 18.4. The van der Waals surface area contributed by atoms with Gasteiger partial charge >= 0.3 is 0 Å². The first-order chi connectivity index (χ1) is 17.0. The van der Waals surface area contributed by atoms with Gasteiger partial charge in [-0.2, -0.15) is 5.10 Å². The molecule has 2 aromatic carbocycles. The molecule has 2 amide bonds. The van der Waals surface area contributed by atoms with E-state index in [0.29, 0.717) is 43.1 Å². The number of hydrogen-bond acceptors (Lipinski definition) is 5. The van der Waals surface area contributed by atoms with Crippen LogP contribution in [0.5, 0.6) is 0 Å². The summed E-state index contributed by atoms with van der Waals surface area (Å²) >= 11 is 0. The summed E-state index contributed by atoms with van der Waals surface area (Å²) in [5.74, 6) is -1.30. The number of rotatable bonds is 8. The van der Waals surface area contributed by atoms with Gasteiger partial charge in [-0.25, -0.2) is 13.8 Å². The highest BCUT2D eigenvalue weighted by Crippen LogP contribution is 2.33. The van der Waals surface area contributed by atoms with Crippen LogP contribution in [0.1, 0.15) is 36.9 Å². The fourth-order valence-corrected chi connectivity index (χ4v) is 4.38. The van der Waals surface area contributed by atoms with Gasteiger partial charge in [-0.1, -0.05) is 37.3 Å². The summed E-state index contributed by atoms with van der Waals surface area (Å²) in [7, 11) is 0. The number of amides is 2. The van der Waals surface area contributed by atoms with Crippen molar-refractivity contribution in [3.05, 3.63) is 71.3 Å². The van der Waals surface area contributed by atoms with E-state index in [1.165, 1.54) is 23.2 Å². The Labute approximate surface area is 203 Å². The summed E-state index contributed by atoms with van der Waals surface area (Å²) < 4.78 is 33.4. The Morgan fingerprint density at radius 3 is 2.49 bits per heavy atom. The van der Waals surface area contributed by atoms with E-state index in [9.17, 15) is 18.4 Å². The van der Waals surface area contributed by atoms with E-state index in [4.69, 9.17) is 4.74 Å². The molecule has 2 aliphatic heterocycles. The Balaban J connectivity index is 1.55. The molecule has 1 fully saturated rings. The summed E-state index contributed by atoms with van der Waals surface area (Å²) in [4.78, 5) is 29.9. The Kier molecular flexibility index (Phi) is 8.20. The van der Waals surface area contributed by atoms with Crippen molar-refractivity contribution in [2.45, 2.75) is 25.8 Å². The van der Waals surface area contributed by atoms with Gasteiger partial charge in [0.2, 0.25) is 5.91 Å². The van der Waals surface area contributed by atoms with Gasteiger partial charge in [0.05, 0.1) is 25.0 Å². The van der Waals surface area contributed by atoms with Gasteiger partial charge in [0.25, 0.3) is 5.91 Å². The lowest BCUT2D eigenvalue weighted by Crippen LogP contribution is -2.46. The van der Waals surface area contributed by atoms with Gasteiger partial charge in [0.1, 0.15) is 18.2 Å². The molecule has 0 aromatic heterocycles. The van der Waals surface area contributed by atoms with Crippen LogP contribution in [-0.4, -0.2) is 78.3 Å². The maximum absolute atomic E-state index is 14.5. The van der Waals surface area contributed by atoms with Crippen molar-refractivity contribution in [1.29, 1.82) is 0 Å². The van der Waals surface area contributed by atoms with Crippen LogP contribution in [0.4, 0.5) is 8.78 Å². The Morgan fingerprint density at radius 1 is 1.09 bits per heavy atom. The maximum Gasteiger partial charge on any atom is 0.262 e. The van der Waals surface area contributed by atoms with Crippen LogP contribution in [0.2, 0.25) is 0 Å². The molecule has 2 aliphatic rings. The smallest absolute Gasteiger partial charge is 0.262 e. The number of carbonyl (C=O) groups excluding carboxylic acids is 2. The van der Waals surface area contributed by atoms with Crippen molar-refractivity contribution >= 4 is 17.5 Å². The van der Waals surface area contributed by atoms with Gasteiger partial charge in [-0.05, 0) is 23.8 Å². The zero-order valence-corrected chi connectivity index (χ0v) is 19.8. The average Bonchev–Trinajstić information content (AvgIpc) is 3.32. The number of ether oxygens (including phenoxy) is 1. The van der Waals surface area contributed by atoms with E-state index in [2.05, 4.69) is 10.0 Å². The average molecular weight is 485 g/mol. The highest BCUT2D eigenvalue weighted by Gasteiger charge is 2.35. The minimum Gasteiger partial charge on any atom is -0.379 e. The molecule has 0 unspecified atom stereocenters. The molecule has 7 nitrogen and oxygen atoms in total. The topological polar surface area (TPSA) is 65.5 Å². The minimum absolute atomic E-state index is 0.123. The SMILES string of the molecule is CCC(=O)N(CCN1CCOCC1)CC(=O)N1N=C(c2ccccc2F)C[C@@H]1c1ccc(F)cc1. The van der Waals surface area contributed by atoms with E-state index in [0.717, 1.165) is 13.1 Å². The summed E-state index contributed by atoms with van der Waals surface area (Å²) in [5, 5.41) is 5.81. The molecule has 186 valence electrons. The van der Waals surface area contributed by atoms with Crippen LogP contribution in [0.15, 0.2) is 53.6 Å².